The van der Waals surface area contributed by atoms with E-state index >= 15 is 0 Å². The molecule has 0 spiro atoms. The molecule has 160 valence electrons. The number of carbonyl (C=O) groups is 3. The van der Waals surface area contributed by atoms with E-state index in [9.17, 15) is 14.4 Å². The number of fused-ring (bicyclic) bond motifs is 1. The average molecular weight is 426 g/mol. The molecule has 6 heteroatoms. The normalized spacial score (nSPS) is 19.8. The second kappa shape index (κ2) is 7.34. The summed E-state index contributed by atoms with van der Waals surface area (Å²) in [5, 5.41) is 0. The first-order valence-electron chi connectivity index (χ1n) is 10.4. The Balaban J connectivity index is 1.61. The number of benzene rings is 3. The Bertz CT molecular complexity index is 1250. The SMILES string of the molecule is COc1cccc([C@H]2[C@H](N3C(=O)c4ccccc4C3=O)C(=O)N2c2ccc(C)c(C)c2)c1. The number of nitrogens with zero attached hydrogens (tertiary/aromatic N) is 2. The Labute approximate surface area is 186 Å². The van der Waals surface area contributed by atoms with E-state index in [1.54, 1.807) is 36.3 Å². The first-order chi connectivity index (χ1) is 15.4. The zero-order chi connectivity index (χ0) is 22.6. The molecule has 0 bridgehead atoms. The molecule has 32 heavy (non-hydrogen) atoms. The number of hydrogen-bond donors (Lipinski definition) is 0. The molecule has 2 atom stereocenters. The molecule has 2 heterocycles. The summed E-state index contributed by atoms with van der Waals surface area (Å²) in [5.41, 5.74) is 4.38. The molecule has 0 N–H and O–H groups in total. The summed E-state index contributed by atoms with van der Waals surface area (Å²) < 4.78 is 5.38. The van der Waals surface area contributed by atoms with Gasteiger partial charge in [-0.2, -0.15) is 0 Å². The molecule has 0 saturated carbocycles. The average Bonchev–Trinajstić information content (AvgIpc) is 3.05. The molecule has 0 aromatic heterocycles. The van der Waals surface area contributed by atoms with Gasteiger partial charge in [-0.05, 0) is 66.9 Å². The van der Waals surface area contributed by atoms with E-state index in [1.165, 1.54) is 0 Å². The van der Waals surface area contributed by atoms with Crippen molar-refractivity contribution in [3.63, 3.8) is 0 Å². The molecule has 5 rings (SSSR count). The zero-order valence-electron chi connectivity index (χ0n) is 18.0. The van der Waals surface area contributed by atoms with Gasteiger partial charge in [0.15, 0.2) is 0 Å². The van der Waals surface area contributed by atoms with Gasteiger partial charge >= 0.3 is 0 Å². The van der Waals surface area contributed by atoms with Crippen LogP contribution in [0.25, 0.3) is 0 Å². The highest BCUT2D eigenvalue weighted by atomic mass is 16.5. The second-order valence-corrected chi connectivity index (χ2v) is 8.17. The summed E-state index contributed by atoms with van der Waals surface area (Å²) in [4.78, 5) is 42.5. The molecule has 2 aliphatic rings. The van der Waals surface area contributed by atoms with Crippen LogP contribution in [0.15, 0.2) is 66.7 Å². The van der Waals surface area contributed by atoms with Crippen LogP contribution in [-0.4, -0.2) is 35.8 Å². The molecule has 6 nitrogen and oxygen atoms in total. The van der Waals surface area contributed by atoms with Crippen molar-refractivity contribution in [2.45, 2.75) is 25.9 Å². The summed E-state index contributed by atoms with van der Waals surface area (Å²) in [7, 11) is 1.58. The van der Waals surface area contributed by atoms with E-state index in [0.717, 1.165) is 27.3 Å². The van der Waals surface area contributed by atoms with E-state index in [0.29, 0.717) is 16.9 Å². The van der Waals surface area contributed by atoms with E-state index < -0.39 is 23.9 Å². The Morgan fingerprint density at radius 1 is 0.719 bits per heavy atom. The lowest BCUT2D eigenvalue weighted by molar-refractivity contribution is -0.130. The molecule has 0 aliphatic carbocycles. The van der Waals surface area contributed by atoms with E-state index in [4.69, 9.17) is 4.74 Å². The number of ether oxygens (including phenoxy) is 1. The van der Waals surface area contributed by atoms with Crippen LogP contribution in [0.1, 0.15) is 43.4 Å². The van der Waals surface area contributed by atoms with Crippen molar-refractivity contribution in [2.75, 3.05) is 12.0 Å². The largest absolute Gasteiger partial charge is 0.497 e. The highest BCUT2D eigenvalue weighted by Crippen LogP contribution is 2.45. The van der Waals surface area contributed by atoms with Gasteiger partial charge in [0.2, 0.25) is 0 Å². The van der Waals surface area contributed by atoms with Gasteiger partial charge in [-0.25, -0.2) is 0 Å². The summed E-state index contributed by atoms with van der Waals surface area (Å²) in [6, 6.07) is 18.5. The van der Waals surface area contributed by atoms with Gasteiger partial charge < -0.3 is 9.64 Å². The predicted molar refractivity (Wildman–Crippen MR) is 120 cm³/mol. The summed E-state index contributed by atoms with van der Waals surface area (Å²) >= 11 is 0. The van der Waals surface area contributed by atoms with Gasteiger partial charge in [-0.3, -0.25) is 19.3 Å². The van der Waals surface area contributed by atoms with Gasteiger partial charge in [0.25, 0.3) is 17.7 Å². The van der Waals surface area contributed by atoms with Crippen LogP contribution in [0.4, 0.5) is 5.69 Å². The van der Waals surface area contributed by atoms with Crippen molar-refractivity contribution in [3.8, 4) is 5.75 Å². The number of rotatable bonds is 4. The first-order valence-corrected chi connectivity index (χ1v) is 10.4. The maximum atomic E-state index is 13.5. The number of anilines is 1. The van der Waals surface area contributed by atoms with Crippen molar-refractivity contribution in [1.29, 1.82) is 0 Å². The molecule has 0 unspecified atom stereocenters. The minimum absolute atomic E-state index is 0.282. The lowest BCUT2D eigenvalue weighted by Gasteiger charge is -2.50. The van der Waals surface area contributed by atoms with Crippen molar-refractivity contribution in [2.24, 2.45) is 0 Å². The van der Waals surface area contributed by atoms with Crippen LogP contribution < -0.4 is 9.64 Å². The zero-order valence-corrected chi connectivity index (χ0v) is 18.0. The van der Waals surface area contributed by atoms with E-state index in [-0.39, 0.29) is 5.91 Å². The fraction of sp³-hybridized carbons (Fsp3) is 0.192. The summed E-state index contributed by atoms with van der Waals surface area (Å²) in [6.07, 6.45) is 0. The number of hydrogen-bond acceptors (Lipinski definition) is 4. The highest BCUT2D eigenvalue weighted by molar-refractivity contribution is 6.24. The molecular formula is C26H22N2O4. The predicted octanol–water partition coefficient (Wildman–Crippen LogP) is 4.06. The smallest absolute Gasteiger partial charge is 0.262 e. The molecule has 1 fully saturated rings. The van der Waals surface area contributed by atoms with E-state index in [1.807, 2.05) is 56.3 Å². The third-order valence-corrected chi connectivity index (χ3v) is 6.38. The van der Waals surface area contributed by atoms with Crippen molar-refractivity contribution in [3.05, 3.63) is 94.5 Å². The Morgan fingerprint density at radius 3 is 2.03 bits per heavy atom. The second-order valence-electron chi connectivity index (χ2n) is 8.17. The minimum atomic E-state index is -0.920. The Hall–Kier alpha value is -3.93. The number of amides is 3. The summed E-state index contributed by atoms with van der Waals surface area (Å²) in [6.45, 7) is 4.00. The number of aryl methyl sites for hydroxylation is 2. The molecule has 1 saturated heterocycles. The Kier molecular flexibility index (Phi) is 4.59. The molecule has 3 aromatic rings. The maximum absolute atomic E-state index is 13.5. The van der Waals surface area contributed by atoms with Gasteiger partial charge in [-0.15, -0.1) is 0 Å². The number of carbonyl (C=O) groups excluding carboxylic acids is 3. The fourth-order valence-electron chi connectivity index (χ4n) is 4.51. The quantitative estimate of drug-likeness (QED) is 0.466. The molecule has 2 aliphatic heterocycles. The van der Waals surface area contributed by atoms with Crippen LogP contribution >= 0.6 is 0 Å². The topological polar surface area (TPSA) is 66.9 Å². The van der Waals surface area contributed by atoms with Crippen molar-refractivity contribution in [1.82, 2.24) is 4.90 Å². The van der Waals surface area contributed by atoms with Crippen LogP contribution in [0.2, 0.25) is 0 Å². The highest BCUT2D eigenvalue weighted by Gasteiger charge is 2.57. The van der Waals surface area contributed by atoms with Gasteiger partial charge in [0.05, 0.1) is 24.3 Å². The van der Waals surface area contributed by atoms with Crippen LogP contribution in [-0.2, 0) is 4.79 Å². The first kappa shape index (κ1) is 20.0. The monoisotopic (exact) mass is 426 g/mol. The number of β-lactam (4-membered cyclic amide) rings is 1. The van der Waals surface area contributed by atoms with Gasteiger partial charge in [0.1, 0.15) is 11.8 Å². The van der Waals surface area contributed by atoms with E-state index in [2.05, 4.69) is 0 Å². The Morgan fingerprint density at radius 2 is 1.41 bits per heavy atom. The molecule has 3 amide bonds. The third kappa shape index (κ3) is 2.83. The minimum Gasteiger partial charge on any atom is -0.497 e. The lowest BCUT2D eigenvalue weighted by atomic mass is 9.86. The standard InChI is InChI=1S/C26H22N2O4/c1-15-11-12-18(13-16(15)2)27-22(17-7-6-8-19(14-17)32-3)23(26(27)31)28-24(29)20-9-4-5-10-21(20)25(28)30/h4-14,22-23H,1-3H3/t22-,23-/m0/s1. The van der Waals surface area contributed by atoms with Crippen LogP contribution in [0, 0.1) is 13.8 Å². The fourth-order valence-corrected chi connectivity index (χ4v) is 4.51. The number of methoxy groups -OCH3 is 1. The molecule has 3 aromatic carbocycles. The van der Waals surface area contributed by atoms with Crippen LogP contribution in [0.5, 0.6) is 5.75 Å². The van der Waals surface area contributed by atoms with Crippen molar-refractivity contribution >= 4 is 23.4 Å². The maximum Gasteiger partial charge on any atom is 0.262 e. The molecular weight excluding hydrogens is 404 g/mol. The van der Waals surface area contributed by atoms with Crippen LogP contribution in [0.3, 0.4) is 0 Å². The lowest BCUT2D eigenvalue weighted by Crippen LogP contribution is -2.67. The number of imide groups is 1. The van der Waals surface area contributed by atoms with Crippen molar-refractivity contribution < 1.29 is 19.1 Å². The molecule has 0 radical (unpaired) electrons. The summed E-state index contributed by atoms with van der Waals surface area (Å²) in [5.74, 6) is -0.508. The van der Waals surface area contributed by atoms with Gasteiger partial charge in [0, 0.05) is 5.69 Å². The van der Waals surface area contributed by atoms with Gasteiger partial charge in [-0.1, -0.05) is 30.3 Å². The third-order valence-electron chi connectivity index (χ3n) is 6.38.